The zero-order valence-electron chi connectivity index (χ0n) is 22.3. The summed E-state index contributed by atoms with van der Waals surface area (Å²) in [7, 11) is -4.06. The molecule has 2 atom stereocenters. The molecule has 1 fully saturated rings. The van der Waals surface area contributed by atoms with E-state index in [9.17, 15) is 36.0 Å². The molecule has 42 heavy (non-hydrogen) atoms. The Kier molecular flexibility index (Phi) is 11.7. The van der Waals surface area contributed by atoms with E-state index in [1.54, 1.807) is 30.3 Å². The van der Waals surface area contributed by atoms with E-state index >= 15 is 0 Å². The lowest BCUT2D eigenvalue weighted by Crippen LogP contribution is -2.42. The number of halogens is 4. The van der Waals surface area contributed by atoms with Gasteiger partial charge in [0.1, 0.15) is 12.6 Å². The molecule has 15 heteroatoms. The average Bonchev–Trinajstić information content (AvgIpc) is 2.95. The molecule has 10 nitrogen and oxygen atoms in total. The van der Waals surface area contributed by atoms with E-state index in [1.165, 1.54) is 0 Å². The minimum atomic E-state index is -4.58. The SMILES string of the molecule is O=C(CC[C@@H](NCl)C(=O)O)OC[C@@H](NC(=O)[C@H]1CC[C@H](NS(=O)(=O)c2ccc(C(F)(F)F)cc2)CC1)c1ccccc1. The van der Waals surface area contributed by atoms with Crippen LogP contribution in [0.4, 0.5) is 13.2 Å². The van der Waals surface area contributed by atoms with Gasteiger partial charge >= 0.3 is 18.1 Å². The summed E-state index contributed by atoms with van der Waals surface area (Å²) >= 11 is 5.37. The highest BCUT2D eigenvalue weighted by atomic mass is 35.5. The molecule has 0 radical (unpaired) electrons. The number of hydrogen-bond donors (Lipinski definition) is 4. The monoisotopic (exact) mass is 633 g/mol. The van der Waals surface area contributed by atoms with E-state index in [1.807, 2.05) is 0 Å². The lowest BCUT2D eigenvalue weighted by atomic mass is 9.85. The smallest absolute Gasteiger partial charge is 0.416 e. The highest BCUT2D eigenvalue weighted by molar-refractivity contribution is 7.89. The van der Waals surface area contributed by atoms with E-state index in [4.69, 9.17) is 21.6 Å². The van der Waals surface area contributed by atoms with Crippen molar-refractivity contribution >= 4 is 39.6 Å². The van der Waals surface area contributed by atoms with Crippen molar-refractivity contribution in [2.75, 3.05) is 6.61 Å². The van der Waals surface area contributed by atoms with Crippen LogP contribution in [0.2, 0.25) is 0 Å². The molecule has 0 bridgehead atoms. The molecule has 2 aromatic carbocycles. The van der Waals surface area contributed by atoms with Crippen molar-refractivity contribution in [1.29, 1.82) is 0 Å². The molecule has 1 aliphatic carbocycles. The number of benzene rings is 2. The molecule has 230 valence electrons. The third kappa shape index (κ3) is 9.68. The second kappa shape index (κ2) is 14.8. The Morgan fingerprint density at radius 3 is 2.17 bits per heavy atom. The van der Waals surface area contributed by atoms with Gasteiger partial charge < -0.3 is 15.2 Å². The van der Waals surface area contributed by atoms with E-state index in [0.717, 1.165) is 12.1 Å². The maximum atomic E-state index is 13.1. The van der Waals surface area contributed by atoms with Crippen molar-refractivity contribution in [2.45, 2.75) is 67.7 Å². The van der Waals surface area contributed by atoms with Crippen LogP contribution in [0.15, 0.2) is 59.5 Å². The van der Waals surface area contributed by atoms with E-state index in [2.05, 4.69) is 14.9 Å². The van der Waals surface area contributed by atoms with E-state index in [0.29, 0.717) is 43.4 Å². The van der Waals surface area contributed by atoms with Gasteiger partial charge in [0.2, 0.25) is 15.9 Å². The molecular weight excluding hydrogens is 603 g/mol. The molecule has 0 aliphatic heterocycles. The second-order valence-electron chi connectivity index (χ2n) is 9.89. The standard InChI is InChI=1S/C27H31ClF3N3O7S/c28-33-22(26(37)38)14-15-24(35)41-16-23(17-4-2-1-3-5-17)32-25(36)18-6-10-20(11-7-18)34-42(39,40)21-12-8-19(9-13-21)27(29,30)31/h1-5,8-9,12-13,18,20,22-23,33-34H,6-7,10-11,14-16H2,(H,32,36)(H,37,38)/t18-,20-,22-,23-/m1/s1. The quantitative estimate of drug-likeness (QED) is 0.191. The average molecular weight is 634 g/mol. The summed E-state index contributed by atoms with van der Waals surface area (Å²) in [6.07, 6.45) is -3.50. The lowest BCUT2D eigenvalue weighted by Gasteiger charge is -2.29. The van der Waals surface area contributed by atoms with Gasteiger partial charge in [-0.15, -0.1) is 0 Å². The third-order valence-corrected chi connectivity index (χ3v) is 8.71. The molecule has 2 aromatic rings. The summed E-state index contributed by atoms with van der Waals surface area (Å²) in [5.74, 6) is -2.62. The first-order valence-corrected chi connectivity index (χ1v) is 15.0. The number of carboxylic acid groups (broad SMARTS) is 1. The first kappa shape index (κ1) is 33.3. The van der Waals surface area contributed by atoms with Gasteiger partial charge in [-0.25, -0.2) is 18.0 Å². The molecule has 0 spiro atoms. The predicted octanol–water partition coefficient (Wildman–Crippen LogP) is 3.92. The van der Waals surface area contributed by atoms with Crippen LogP contribution in [-0.2, 0) is 35.3 Å². The van der Waals surface area contributed by atoms with Crippen molar-refractivity contribution in [2.24, 2.45) is 5.92 Å². The van der Waals surface area contributed by atoms with Crippen molar-refractivity contribution in [3.63, 3.8) is 0 Å². The first-order chi connectivity index (χ1) is 19.8. The van der Waals surface area contributed by atoms with Crippen molar-refractivity contribution in [3.8, 4) is 0 Å². The molecule has 0 saturated heterocycles. The fourth-order valence-electron chi connectivity index (χ4n) is 4.52. The summed E-state index contributed by atoms with van der Waals surface area (Å²) < 4.78 is 71.6. The van der Waals surface area contributed by atoms with Gasteiger partial charge in [-0.05, 0) is 73.7 Å². The zero-order valence-corrected chi connectivity index (χ0v) is 23.8. The van der Waals surface area contributed by atoms with E-state index in [-0.39, 0.29) is 30.3 Å². The molecule has 1 saturated carbocycles. The summed E-state index contributed by atoms with van der Waals surface area (Å²) in [5.41, 5.74) is -0.269. The Labute approximate surface area is 246 Å². The second-order valence-corrected chi connectivity index (χ2v) is 11.8. The maximum Gasteiger partial charge on any atom is 0.416 e. The van der Waals surface area contributed by atoms with E-state index < -0.39 is 57.7 Å². The number of nitrogens with one attached hydrogen (secondary N) is 3. The zero-order chi connectivity index (χ0) is 30.9. The summed E-state index contributed by atoms with van der Waals surface area (Å²) in [5, 5.41) is 11.9. The highest BCUT2D eigenvalue weighted by Gasteiger charge is 2.33. The van der Waals surface area contributed by atoms with Gasteiger partial charge in [-0.1, -0.05) is 30.3 Å². The fraction of sp³-hybridized carbons (Fsp3) is 0.444. The van der Waals surface area contributed by atoms with Gasteiger partial charge in [-0.3, -0.25) is 14.4 Å². The van der Waals surface area contributed by atoms with Crippen molar-refractivity contribution in [3.05, 3.63) is 65.7 Å². The molecule has 0 heterocycles. The van der Waals surface area contributed by atoms with Crippen LogP contribution in [0.1, 0.15) is 55.7 Å². The molecule has 1 aliphatic rings. The van der Waals surface area contributed by atoms with Crippen LogP contribution in [0.3, 0.4) is 0 Å². The minimum absolute atomic E-state index is 0.0914. The number of alkyl halides is 3. The Balaban J connectivity index is 1.54. The fourth-order valence-corrected chi connectivity index (χ4v) is 6.02. The number of rotatable bonds is 13. The third-order valence-electron chi connectivity index (χ3n) is 6.91. The number of amides is 1. The number of carboxylic acids is 1. The lowest BCUT2D eigenvalue weighted by molar-refractivity contribution is -0.146. The predicted molar refractivity (Wildman–Crippen MR) is 145 cm³/mol. The number of carbonyl (C=O) groups excluding carboxylic acids is 2. The summed E-state index contributed by atoms with van der Waals surface area (Å²) in [6.45, 7) is -0.192. The van der Waals surface area contributed by atoms with Gasteiger partial charge in [0.05, 0.1) is 16.5 Å². The van der Waals surface area contributed by atoms with Crippen LogP contribution >= 0.6 is 11.8 Å². The number of sulfonamides is 1. The van der Waals surface area contributed by atoms with Crippen LogP contribution in [0, 0.1) is 5.92 Å². The number of esters is 1. The molecule has 4 N–H and O–H groups in total. The Morgan fingerprint density at radius 2 is 1.62 bits per heavy atom. The number of hydrogen-bond acceptors (Lipinski definition) is 7. The molecule has 0 aromatic heterocycles. The summed E-state index contributed by atoms with van der Waals surface area (Å²) in [4.78, 5) is 38.2. The number of ether oxygens (including phenoxy) is 1. The largest absolute Gasteiger partial charge is 0.480 e. The van der Waals surface area contributed by atoms with Gasteiger partial charge in [0, 0.05) is 18.4 Å². The highest BCUT2D eigenvalue weighted by Crippen LogP contribution is 2.30. The maximum absolute atomic E-state index is 13.1. The van der Waals surface area contributed by atoms with Crippen molar-refractivity contribution < 1.29 is 45.8 Å². The van der Waals surface area contributed by atoms with Gasteiger partial charge in [-0.2, -0.15) is 13.2 Å². The topological polar surface area (TPSA) is 151 Å². The number of aliphatic carboxylic acids is 1. The Bertz CT molecular complexity index is 1320. The molecule has 3 rings (SSSR count). The minimum Gasteiger partial charge on any atom is -0.480 e. The van der Waals surface area contributed by atoms with Crippen LogP contribution in [0.5, 0.6) is 0 Å². The normalized spacial score (nSPS) is 19.0. The van der Waals surface area contributed by atoms with Gasteiger partial charge in [0.15, 0.2) is 0 Å². The Hall–Kier alpha value is -3.20. The number of carbonyl (C=O) groups is 3. The van der Waals surface area contributed by atoms with Crippen molar-refractivity contribution in [1.82, 2.24) is 14.9 Å². The summed E-state index contributed by atoms with van der Waals surface area (Å²) in [6, 6.07) is 9.73. The van der Waals surface area contributed by atoms with Crippen LogP contribution in [0.25, 0.3) is 0 Å². The van der Waals surface area contributed by atoms with Crippen LogP contribution < -0.4 is 14.9 Å². The molecule has 1 amide bonds. The molecule has 0 unspecified atom stereocenters. The Morgan fingerprint density at radius 1 is 1.00 bits per heavy atom. The first-order valence-electron chi connectivity index (χ1n) is 13.1. The van der Waals surface area contributed by atoms with Gasteiger partial charge in [0.25, 0.3) is 0 Å². The van der Waals surface area contributed by atoms with Crippen LogP contribution in [-0.4, -0.2) is 50.1 Å². The molecular formula is C27H31ClF3N3O7S.